The van der Waals surface area contributed by atoms with Gasteiger partial charge in [-0.25, -0.2) is 0 Å². The zero-order chi connectivity index (χ0) is 18.8. The number of amides is 1. The van der Waals surface area contributed by atoms with Crippen LogP contribution in [-0.4, -0.2) is 11.0 Å². The maximum Gasteiger partial charge on any atom is 0.255 e. The second-order valence-electron chi connectivity index (χ2n) is 6.01. The van der Waals surface area contributed by atoms with Gasteiger partial charge in [0.2, 0.25) is 0 Å². The number of allylic oxidation sites excluding steroid dienone is 1. The fraction of sp³-hybridized carbons (Fsp3) is 0.158. The zero-order valence-corrected chi connectivity index (χ0v) is 16.5. The fourth-order valence-corrected chi connectivity index (χ4v) is 3.66. The SMILES string of the molecule is CC1=C(C(=O)Nc2ccccc2C)[C@H](c2ccc(Cl)cc2Cl)NC(=S)N1. The van der Waals surface area contributed by atoms with E-state index >= 15 is 0 Å². The Morgan fingerprint density at radius 2 is 1.88 bits per heavy atom. The molecule has 3 rings (SSSR count). The number of anilines is 1. The van der Waals surface area contributed by atoms with Gasteiger partial charge in [-0.3, -0.25) is 4.79 Å². The predicted octanol–water partition coefficient (Wildman–Crippen LogP) is 4.73. The maximum absolute atomic E-state index is 13.0. The van der Waals surface area contributed by atoms with Crippen LogP contribution in [0.1, 0.15) is 24.1 Å². The van der Waals surface area contributed by atoms with E-state index in [1.807, 2.05) is 38.1 Å². The molecule has 134 valence electrons. The molecule has 3 N–H and O–H groups in total. The minimum atomic E-state index is -0.475. The molecule has 1 atom stereocenters. The molecular weight excluding hydrogens is 389 g/mol. The van der Waals surface area contributed by atoms with Crippen molar-refractivity contribution >= 4 is 52.1 Å². The first-order chi connectivity index (χ1) is 12.4. The molecule has 1 aliphatic rings. The van der Waals surface area contributed by atoms with Crippen LogP contribution in [-0.2, 0) is 4.79 Å². The van der Waals surface area contributed by atoms with Gasteiger partial charge in [0.1, 0.15) is 0 Å². The van der Waals surface area contributed by atoms with Crippen LogP contribution in [0.4, 0.5) is 5.69 Å². The number of hydrogen-bond acceptors (Lipinski definition) is 2. The van der Waals surface area contributed by atoms with Crippen molar-refractivity contribution in [1.82, 2.24) is 10.6 Å². The summed E-state index contributed by atoms with van der Waals surface area (Å²) >= 11 is 17.6. The van der Waals surface area contributed by atoms with Gasteiger partial charge < -0.3 is 16.0 Å². The maximum atomic E-state index is 13.0. The summed E-state index contributed by atoms with van der Waals surface area (Å²) in [5.74, 6) is -0.227. The van der Waals surface area contributed by atoms with Gasteiger partial charge in [-0.15, -0.1) is 0 Å². The summed E-state index contributed by atoms with van der Waals surface area (Å²) in [5.41, 5.74) is 3.66. The molecule has 1 heterocycles. The lowest BCUT2D eigenvalue weighted by Crippen LogP contribution is -2.45. The first kappa shape index (κ1) is 18.7. The van der Waals surface area contributed by atoms with Gasteiger partial charge in [-0.1, -0.05) is 47.5 Å². The van der Waals surface area contributed by atoms with Gasteiger partial charge >= 0.3 is 0 Å². The summed E-state index contributed by atoms with van der Waals surface area (Å²) in [5, 5.41) is 10.5. The van der Waals surface area contributed by atoms with Crippen LogP contribution >= 0.6 is 35.4 Å². The molecule has 0 saturated heterocycles. The van der Waals surface area contributed by atoms with Crippen LogP contribution in [0.25, 0.3) is 0 Å². The minimum absolute atomic E-state index is 0.227. The van der Waals surface area contributed by atoms with Gasteiger partial charge in [0.15, 0.2) is 5.11 Å². The Labute approximate surface area is 167 Å². The average Bonchev–Trinajstić information content (AvgIpc) is 2.56. The van der Waals surface area contributed by atoms with Crippen molar-refractivity contribution in [3.63, 3.8) is 0 Å². The van der Waals surface area contributed by atoms with E-state index in [1.54, 1.807) is 18.2 Å². The van der Waals surface area contributed by atoms with E-state index in [2.05, 4.69) is 16.0 Å². The number of rotatable bonds is 3. The summed E-state index contributed by atoms with van der Waals surface area (Å²) in [6.45, 7) is 3.76. The molecule has 0 aliphatic carbocycles. The van der Waals surface area contributed by atoms with E-state index in [0.717, 1.165) is 16.8 Å². The van der Waals surface area contributed by atoms with E-state index in [4.69, 9.17) is 35.4 Å². The van der Waals surface area contributed by atoms with Crippen molar-refractivity contribution in [2.45, 2.75) is 19.9 Å². The molecule has 1 amide bonds. The fourth-order valence-electron chi connectivity index (χ4n) is 2.87. The van der Waals surface area contributed by atoms with Crippen LogP contribution in [0, 0.1) is 6.92 Å². The summed E-state index contributed by atoms with van der Waals surface area (Å²) in [7, 11) is 0. The Bertz CT molecular complexity index is 927. The second-order valence-corrected chi connectivity index (χ2v) is 7.26. The third kappa shape index (κ3) is 3.85. The number of halogens is 2. The van der Waals surface area contributed by atoms with Gasteiger partial charge in [0.05, 0.1) is 11.6 Å². The van der Waals surface area contributed by atoms with Crippen LogP contribution in [0.5, 0.6) is 0 Å². The molecule has 1 aliphatic heterocycles. The van der Waals surface area contributed by atoms with Crippen LogP contribution < -0.4 is 16.0 Å². The van der Waals surface area contributed by atoms with Gasteiger partial charge in [-0.2, -0.15) is 0 Å². The van der Waals surface area contributed by atoms with Crippen molar-refractivity contribution < 1.29 is 4.79 Å². The Morgan fingerprint density at radius 1 is 1.15 bits per heavy atom. The number of nitrogens with one attached hydrogen (secondary N) is 3. The molecule has 0 bridgehead atoms. The number of hydrogen-bond donors (Lipinski definition) is 3. The number of aryl methyl sites for hydroxylation is 1. The van der Waals surface area contributed by atoms with Crippen molar-refractivity contribution in [3.8, 4) is 0 Å². The number of benzene rings is 2. The number of carbonyl (C=O) groups is 1. The summed E-state index contributed by atoms with van der Waals surface area (Å²) in [6.07, 6.45) is 0. The van der Waals surface area contributed by atoms with Crippen molar-refractivity contribution in [1.29, 1.82) is 0 Å². The van der Waals surface area contributed by atoms with Crippen LogP contribution in [0.3, 0.4) is 0 Å². The lowest BCUT2D eigenvalue weighted by Gasteiger charge is -2.31. The van der Waals surface area contributed by atoms with Crippen LogP contribution in [0.2, 0.25) is 10.0 Å². The predicted molar refractivity (Wildman–Crippen MR) is 111 cm³/mol. The monoisotopic (exact) mass is 405 g/mol. The third-order valence-corrected chi connectivity index (χ3v) is 4.96. The molecule has 0 saturated carbocycles. The first-order valence-corrected chi connectivity index (χ1v) is 9.13. The molecule has 0 unspecified atom stereocenters. The standard InChI is InChI=1S/C19H17Cl2N3OS/c1-10-5-3-4-6-15(10)23-18(25)16-11(2)22-19(26)24-17(16)13-8-7-12(20)9-14(13)21/h3-9,17H,1-2H3,(H,23,25)(H2,22,24,26)/t17-/m0/s1. The highest BCUT2D eigenvalue weighted by atomic mass is 35.5. The van der Waals surface area contributed by atoms with Crippen molar-refractivity contribution in [3.05, 3.63) is 74.9 Å². The van der Waals surface area contributed by atoms with Crippen molar-refractivity contribution in [2.75, 3.05) is 5.32 Å². The summed E-state index contributed by atoms with van der Waals surface area (Å²) < 4.78 is 0. The number of thiocarbonyl (C=S) groups is 1. The molecule has 2 aromatic rings. The normalized spacial score (nSPS) is 16.8. The summed E-state index contributed by atoms with van der Waals surface area (Å²) in [4.78, 5) is 13.0. The third-order valence-electron chi connectivity index (χ3n) is 4.18. The number of carbonyl (C=O) groups excluding carboxylic acids is 1. The van der Waals surface area contributed by atoms with Crippen LogP contribution in [0.15, 0.2) is 53.7 Å². The first-order valence-electron chi connectivity index (χ1n) is 7.97. The highest BCUT2D eigenvalue weighted by Gasteiger charge is 2.31. The van der Waals surface area contributed by atoms with Gasteiger partial charge in [0.25, 0.3) is 5.91 Å². The van der Waals surface area contributed by atoms with E-state index in [-0.39, 0.29) is 5.91 Å². The Kier molecular flexibility index (Phi) is 5.51. The smallest absolute Gasteiger partial charge is 0.255 e. The largest absolute Gasteiger partial charge is 0.351 e. The lowest BCUT2D eigenvalue weighted by molar-refractivity contribution is -0.113. The molecule has 0 aromatic heterocycles. The molecule has 7 heteroatoms. The van der Waals surface area contributed by atoms with Gasteiger partial charge in [0, 0.05) is 21.4 Å². The highest BCUT2D eigenvalue weighted by Crippen LogP contribution is 2.33. The van der Waals surface area contributed by atoms with E-state index < -0.39 is 6.04 Å². The van der Waals surface area contributed by atoms with E-state index in [0.29, 0.717) is 26.4 Å². The molecule has 4 nitrogen and oxygen atoms in total. The van der Waals surface area contributed by atoms with E-state index in [9.17, 15) is 4.79 Å². The topological polar surface area (TPSA) is 53.2 Å². The van der Waals surface area contributed by atoms with Gasteiger partial charge in [-0.05, 0) is 55.4 Å². The molecule has 2 aromatic carbocycles. The highest BCUT2D eigenvalue weighted by molar-refractivity contribution is 7.80. The quantitative estimate of drug-likeness (QED) is 0.645. The minimum Gasteiger partial charge on any atom is -0.351 e. The Morgan fingerprint density at radius 3 is 2.58 bits per heavy atom. The molecule has 26 heavy (non-hydrogen) atoms. The number of para-hydroxylation sites is 1. The van der Waals surface area contributed by atoms with Crippen molar-refractivity contribution in [2.24, 2.45) is 0 Å². The Hall–Kier alpha value is -2.08. The molecule has 0 fully saturated rings. The molecule has 0 radical (unpaired) electrons. The Balaban J connectivity index is 2.00. The molecular formula is C19H17Cl2N3OS. The zero-order valence-electron chi connectivity index (χ0n) is 14.2. The second kappa shape index (κ2) is 7.66. The summed E-state index contributed by atoms with van der Waals surface area (Å²) in [6, 6.07) is 12.3. The average molecular weight is 406 g/mol. The molecule has 0 spiro atoms. The lowest BCUT2D eigenvalue weighted by atomic mass is 9.94. The van der Waals surface area contributed by atoms with E-state index in [1.165, 1.54) is 0 Å².